The summed E-state index contributed by atoms with van der Waals surface area (Å²) in [5.74, 6) is -1.39. The highest BCUT2D eigenvalue weighted by molar-refractivity contribution is 6.30. The topological polar surface area (TPSA) is 160 Å². The quantitative estimate of drug-likeness (QED) is 0.300. The van der Waals surface area contributed by atoms with Crippen molar-refractivity contribution >= 4 is 29.3 Å². The molecule has 4 N–H and O–H groups in total. The lowest BCUT2D eigenvalue weighted by Crippen LogP contribution is -2.57. The molecular formula is C35H47ClFN7O6. The van der Waals surface area contributed by atoms with Gasteiger partial charge in [0, 0.05) is 31.7 Å². The number of ether oxygens (including phenoxy) is 2. The van der Waals surface area contributed by atoms with Crippen LogP contribution in [0.2, 0.25) is 5.02 Å². The Balaban J connectivity index is 1.56. The first kappa shape index (κ1) is 38.5. The second-order valence-corrected chi connectivity index (χ2v) is 13.3. The van der Waals surface area contributed by atoms with E-state index in [1.807, 2.05) is 13.8 Å². The van der Waals surface area contributed by atoms with Gasteiger partial charge < -0.3 is 30.5 Å². The third-order valence-electron chi connectivity index (χ3n) is 8.23. The number of benzene rings is 2. The number of nitrogens with one attached hydrogen (secondary N) is 3. The van der Waals surface area contributed by atoms with Gasteiger partial charge >= 0.3 is 0 Å². The molecule has 0 aliphatic carbocycles. The average molecular weight is 716 g/mol. The van der Waals surface area contributed by atoms with Gasteiger partial charge in [-0.1, -0.05) is 36.7 Å². The SMILES string of the molecule is COc1ccc2cc1OCc1cn(nn1)CCCN(Cc1ccc(Cl)c(F)c1)CCCCNC(=O)[C@H]([C@@H](C)O)NC(=O)[C@@H](CC(C)C)NC2=O. The Kier molecular flexibility index (Phi) is 14.4. The molecule has 1 aliphatic rings. The fourth-order valence-corrected chi connectivity index (χ4v) is 5.72. The molecule has 3 aromatic rings. The van der Waals surface area contributed by atoms with Crippen LogP contribution in [0.3, 0.4) is 0 Å². The van der Waals surface area contributed by atoms with E-state index in [4.69, 9.17) is 21.1 Å². The van der Waals surface area contributed by atoms with Crippen molar-refractivity contribution in [2.75, 3.05) is 26.7 Å². The summed E-state index contributed by atoms with van der Waals surface area (Å²) in [4.78, 5) is 42.2. The molecule has 0 spiro atoms. The van der Waals surface area contributed by atoms with E-state index in [0.29, 0.717) is 62.8 Å². The summed E-state index contributed by atoms with van der Waals surface area (Å²) in [5, 5.41) is 27.2. The van der Waals surface area contributed by atoms with E-state index in [-0.39, 0.29) is 23.1 Å². The highest BCUT2D eigenvalue weighted by Crippen LogP contribution is 2.29. The van der Waals surface area contributed by atoms with Gasteiger partial charge in [0.25, 0.3) is 5.91 Å². The summed E-state index contributed by atoms with van der Waals surface area (Å²) in [6, 6.07) is 7.25. The summed E-state index contributed by atoms with van der Waals surface area (Å²) in [5.41, 5.74) is 1.60. The van der Waals surface area contributed by atoms with Gasteiger partial charge in [-0.05, 0) is 81.0 Å². The monoisotopic (exact) mass is 715 g/mol. The van der Waals surface area contributed by atoms with Gasteiger partial charge in [-0.25, -0.2) is 4.39 Å². The van der Waals surface area contributed by atoms with Crippen LogP contribution in [-0.2, 0) is 29.3 Å². The van der Waals surface area contributed by atoms with Gasteiger partial charge in [-0.3, -0.25) is 24.0 Å². The van der Waals surface area contributed by atoms with E-state index < -0.39 is 41.7 Å². The summed E-state index contributed by atoms with van der Waals surface area (Å²) < 4.78 is 27.4. The zero-order chi connectivity index (χ0) is 36.2. The zero-order valence-electron chi connectivity index (χ0n) is 29.0. The molecule has 4 bridgehead atoms. The van der Waals surface area contributed by atoms with Gasteiger partial charge in [0.1, 0.15) is 30.2 Å². The molecule has 2 heterocycles. The molecule has 0 fully saturated rings. The average Bonchev–Trinajstić information content (AvgIpc) is 3.53. The van der Waals surface area contributed by atoms with Crippen molar-refractivity contribution in [1.29, 1.82) is 0 Å². The predicted molar refractivity (Wildman–Crippen MR) is 185 cm³/mol. The summed E-state index contributed by atoms with van der Waals surface area (Å²) >= 11 is 5.90. The van der Waals surface area contributed by atoms with E-state index in [1.54, 1.807) is 35.1 Å². The summed E-state index contributed by atoms with van der Waals surface area (Å²) in [6.07, 6.45) is 2.97. The number of carbonyl (C=O) groups is 3. The minimum absolute atomic E-state index is 0.0261. The molecule has 3 amide bonds. The third-order valence-corrected chi connectivity index (χ3v) is 8.54. The molecule has 0 radical (unpaired) electrons. The van der Waals surface area contributed by atoms with Crippen LogP contribution < -0.4 is 25.4 Å². The van der Waals surface area contributed by atoms with Gasteiger partial charge in [0.2, 0.25) is 11.8 Å². The Morgan fingerprint density at radius 1 is 1.04 bits per heavy atom. The maximum absolute atomic E-state index is 14.2. The van der Waals surface area contributed by atoms with Crippen LogP contribution in [0, 0.1) is 11.7 Å². The number of aliphatic hydroxyl groups is 1. The van der Waals surface area contributed by atoms with Crippen molar-refractivity contribution in [2.24, 2.45) is 5.92 Å². The first-order chi connectivity index (χ1) is 23.9. The fourth-order valence-electron chi connectivity index (χ4n) is 5.60. The molecule has 2 aromatic carbocycles. The molecular weight excluding hydrogens is 669 g/mol. The van der Waals surface area contributed by atoms with Crippen molar-refractivity contribution in [2.45, 2.75) is 84.3 Å². The number of halogens is 2. The van der Waals surface area contributed by atoms with Crippen LogP contribution in [0.4, 0.5) is 4.39 Å². The number of methoxy groups -OCH3 is 1. The van der Waals surface area contributed by atoms with Crippen molar-refractivity contribution < 1.29 is 33.4 Å². The Bertz CT molecular complexity index is 1600. The van der Waals surface area contributed by atoms with Crippen molar-refractivity contribution in [3.63, 3.8) is 0 Å². The lowest BCUT2D eigenvalue weighted by molar-refractivity contribution is -0.132. The number of fused-ring (bicyclic) bond motifs is 4. The van der Waals surface area contributed by atoms with Crippen molar-refractivity contribution in [3.8, 4) is 11.5 Å². The third kappa shape index (κ3) is 11.4. The highest BCUT2D eigenvalue weighted by Gasteiger charge is 2.30. The zero-order valence-corrected chi connectivity index (χ0v) is 29.7. The van der Waals surface area contributed by atoms with Gasteiger partial charge in [0.15, 0.2) is 11.5 Å². The Morgan fingerprint density at radius 3 is 2.54 bits per heavy atom. The number of hydrogen-bond donors (Lipinski definition) is 4. The van der Waals surface area contributed by atoms with Crippen LogP contribution in [0.1, 0.15) is 68.1 Å². The Hall–Kier alpha value is -4.27. The molecule has 50 heavy (non-hydrogen) atoms. The number of nitrogens with zero attached hydrogens (tertiary/aromatic N) is 4. The van der Waals surface area contributed by atoms with Crippen LogP contribution in [0.25, 0.3) is 0 Å². The molecule has 0 unspecified atom stereocenters. The van der Waals surface area contributed by atoms with E-state index in [1.165, 1.54) is 26.2 Å². The Labute approximate surface area is 296 Å². The molecule has 13 nitrogen and oxygen atoms in total. The van der Waals surface area contributed by atoms with Gasteiger partial charge in [-0.15, -0.1) is 5.10 Å². The van der Waals surface area contributed by atoms with Crippen molar-refractivity contribution in [1.82, 2.24) is 35.8 Å². The maximum Gasteiger partial charge on any atom is 0.252 e. The van der Waals surface area contributed by atoms with E-state index in [9.17, 15) is 23.9 Å². The Morgan fingerprint density at radius 2 is 1.82 bits per heavy atom. The molecule has 3 atom stereocenters. The van der Waals surface area contributed by atoms with Crippen LogP contribution in [0.5, 0.6) is 11.5 Å². The number of aliphatic hydroxyl groups excluding tert-OH is 1. The second kappa shape index (κ2) is 18.6. The van der Waals surface area contributed by atoms with Crippen LogP contribution in [-0.4, -0.2) is 87.7 Å². The van der Waals surface area contributed by atoms with Crippen molar-refractivity contribution in [3.05, 3.63) is 70.3 Å². The molecule has 4 rings (SSSR count). The highest BCUT2D eigenvalue weighted by atomic mass is 35.5. The molecule has 1 aromatic heterocycles. The number of amides is 3. The first-order valence-corrected chi connectivity index (χ1v) is 17.2. The minimum Gasteiger partial charge on any atom is -0.493 e. The summed E-state index contributed by atoms with van der Waals surface area (Å²) in [6.45, 7) is 8.06. The number of rotatable bonds is 6. The second-order valence-electron chi connectivity index (χ2n) is 12.9. The normalized spacial score (nSPS) is 19.8. The lowest BCUT2D eigenvalue weighted by atomic mass is 10.0. The molecule has 15 heteroatoms. The van der Waals surface area contributed by atoms with E-state index in [2.05, 4.69) is 31.2 Å². The standard InChI is InChI=1S/C35H47ClFN7O6/c1-22(2)16-29-34(47)40-32(23(3)45)35(48)38-12-5-6-13-43(19-24-8-10-27(36)28(37)17-24)14-7-15-44-20-26(41-42-44)21-50-31-18-25(33(46)39-29)9-11-30(31)49-4/h8-11,17-18,20,22-23,29,32,45H,5-7,12-16,19,21H2,1-4H3,(H,38,48)(H,39,46)(H,40,47)/t23-,29-,32+/m1/s1. The molecule has 272 valence electrons. The maximum atomic E-state index is 14.2. The van der Waals surface area contributed by atoms with E-state index >= 15 is 0 Å². The first-order valence-electron chi connectivity index (χ1n) is 16.9. The van der Waals surface area contributed by atoms with Crippen LogP contribution >= 0.6 is 11.6 Å². The van der Waals surface area contributed by atoms with Gasteiger partial charge in [-0.2, -0.15) is 0 Å². The van der Waals surface area contributed by atoms with E-state index in [0.717, 1.165) is 18.4 Å². The number of aryl methyl sites for hydroxylation is 1. The molecule has 1 aliphatic heterocycles. The van der Waals surface area contributed by atoms with Crippen LogP contribution in [0.15, 0.2) is 42.6 Å². The predicted octanol–water partition coefficient (Wildman–Crippen LogP) is 3.47. The number of carbonyl (C=O) groups excluding carboxylic acids is 3. The minimum atomic E-state index is -1.23. The summed E-state index contributed by atoms with van der Waals surface area (Å²) in [7, 11) is 1.49. The molecule has 0 saturated heterocycles. The smallest absolute Gasteiger partial charge is 0.252 e. The largest absolute Gasteiger partial charge is 0.493 e. The number of aromatic nitrogens is 3. The fraction of sp³-hybridized carbons (Fsp3) is 0.514. The lowest BCUT2D eigenvalue weighted by Gasteiger charge is -2.26. The molecule has 0 saturated carbocycles. The number of hydrogen-bond acceptors (Lipinski definition) is 9. The van der Waals surface area contributed by atoms with Gasteiger partial charge in [0.05, 0.1) is 24.4 Å².